The Labute approximate surface area is 141 Å². The van der Waals surface area contributed by atoms with E-state index in [0.29, 0.717) is 50.0 Å². The van der Waals surface area contributed by atoms with Crippen molar-refractivity contribution in [2.75, 3.05) is 13.1 Å². The van der Waals surface area contributed by atoms with Gasteiger partial charge in [-0.25, -0.2) is 0 Å². The van der Waals surface area contributed by atoms with Crippen molar-refractivity contribution in [3.8, 4) is 0 Å². The molecule has 24 heavy (non-hydrogen) atoms. The molecule has 3 rings (SSSR count). The first kappa shape index (κ1) is 16.9. The highest BCUT2D eigenvalue weighted by molar-refractivity contribution is 5.76. The molecule has 1 aromatic rings. The van der Waals surface area contributed by atoms with Crippen LogP contribution in [0.25, 0.3) is 0 Å². The number of amides is 1. The number of carbonyl (C=O) groups excluding carboxylic acids is 1. The van der Waals surface area contributed by atoms with E-state index in [-0.39, 0.29) is 12.3 Å². The highest BCUT2D eigenvalue weighted by Gasteiger charge is 2.29. The van der Waals surface area contributed by atoms with Gasteiger partial charge in [0.1, 0.15) is 0 Å². The maximum absolute atomic E-state index is 12.3. The van der Waals surface area contributed by atoms with E-state index < -0.39 is 5.97 Å². The van der Waals surface area contributed by atoms with Gasteiger partial charge in [-0.3, -0.25) is 9.59 Å². The first-order valence-electron chi connectivity index (χ1n) is 8.94. The molecule has 1 amide bonds. The molecule has 0 unspecified atom stereocenters. The summed E-state index contributed by atoms with van der Waals surface area (Å²) in [5.41, 5.74) is 0. The van der Waals surface area contributed by atoms with Gasteiger partial charge in [0, 0.05) is 38.3 Å². The van der Waals surface area contributed by atoms with Gasteiger partial charge in [0.25, 0.3) is 0 Å². The third-order valence-electron chi connectivity index (χ3n) is 4.85. The average Bonchev–Trinajstić information content (AvgIpc) is 3.32. The summed E-state index contributed by atoms with van der Waals surface area (Å²) in [6.07, 6.45) is 6.95. The SMILES string of the molecule is O=C(O)CC[C@@H]1CCCN(C(=O)CCCc2nc(C3CC3)no2)C1. The average molecular weight is 335 g/mol. The summed E-state index contributed by atoms with van der Waals surface area (Å²) in [5, 5.41) is 12.8. The topological polar surface area (TPSA) is 96.5 Å². The number of likely N-dealkylation sites (tertiary alicyclic amines) is 1. The maximum atomic E-state index is 12.3. The molecule has 2 heterocycles. The van der Waals surface area contributed by atoms with Gasteiger partial charge in [0.2, 0.25) is 11.8 Å². The Hall–Kier alpha value is -1.92. The van der Waals surface area contributed by atoms with Crippen LogP contribution in [0.2, 0.25) is 0 Å². The highest BCUT2D eigenvalue weighted by atomic mass is 16.5. The van der Waals surface area contributed by atoms with E-state index in [9.17, 15) is 9.59 Å². The van der Waals surface area contributed by atoms with Crippen LogP contribution >= 0.6 is 0 Å². The summed E-state index contributed by atoms with van der Waals surface area (Å²) >= 11 is 0. The van der Waals surface area contributed by atoms with Crippen LogP contribution in [0.4, 0.5) is 0 Å². The van der Waals surface area contributed by atoms with Crippen molar-refractivity contribution < 1.29 is 19.2 Å². The number of carboxylic acids is 1. The minimum absolute atomic E-state index is 0.150. The molecule has 2 fully saturated rings. The fourth-order valence-corrected chi connectivity index (χ4v) is 3.28. The Balaban J connectivity index is 1.38. The molecule has 132 valence electrons. The molecule has 0 bridgehead atoms. The zero-order valence-corrected chi connectivity index (χ0v) is 13.9. The lowest BCUT2D eigenvalue weighted by Crippen LogP contribution is -2.40. The molecule has 1 atom stereocenters. The normalized spacial score (nSPS) is 21.0. The van der Waals surface area contributed by atoms with Crippen LogP contribution in [0.15, 0.2) is 4.52 Å². The number of carboxylic acid groups (broad SMARTS) is 1. The largest absolute Gasteiger partial charge is 0.481 e. The predicted octanol–water partition coefficient (Wildman–Crippen LogP) is 2.37. The van der Waals surface area contributed by atoms with E-state index in [1.165, 1.54) is 0 Å². The third-order valence-corrected chi connectivity index (χ3v) is 4.85. The van der Waals surface area contributed by atoms with Gasteiger partial charge >= 0.3 is 5.97 Å². The van der Waals surface area contributed by atoms with Crippen molar-refractivity contribution in [1.82, 2.24) is 15.0 Å². The molecular weight excluding hydrogens is 310 g/mol. The number of piperidine rings is 1. The summed E-state index contributed by atoms with van der Waals surface area (Å²) < 4.78 is 5.22. The first-order valence-corrected chi connectivity index (χ1v) is 8.94. The molecule has 0 radical (unpaired) electrons. The van der Waals surface area contributed by atoms with Crippen LogP contribution < -0.4 is 0 Å². The van der Waals surface area contributed by atoms with Gasteiger partial charge in [-0.15, -0.1) is 0 Å². The predicted molar refractivity (Wildman–Crippen MR) is 85.4 cm³/mol. The lowest BCUT2D eigenvalue weighted by Gasteiger charge is -2.32. The number of aryl methyl sites for hydroxylation is 1. The van der Waals surface area contributed by atoms with Crippen molar-refractivity contribution >= 4 is 11.9 Å². The van der Waals surface area contributed by atoms with Crippen LogP contribution in [0.3, 0.4) is 0 Å². The third kappa shape index (κ3) is 4.79. The van der Waals surface area contributed by atoms with Crippen molar-refractivity contribution in [3.63, 3.8) is 0 Å². The number of nitrogens with zero attached hydrogens (tertiary/aromatic N) is 3. The van der Waals surface area contributed by atoms with E-state index in [4.69, 9.17) is 9.63 Å². The second kappa shape index (κ2) is 7.77. The summed E-state index contributed by atoms with van der Waals surface area (Å²) in [7, 11) is 0. The standard InChI is InChI=1S/C17H25N3O4/c21-15(20-10-2-3-12(11-20)6-9-16(22)23)5-1-4-14-18-17(19-24-14)13-7-8-13/h12-13H,1-11H2,(H,22,23)/t12-/m0/s1. The van der Waals surface area contributed by atoms with Gasteiger partial charge in [0.05, 0.1) is 0 Å². The van der Waals surface area contributed by atoms with Crippen molar-refractivity contribution in [2.24, 2.45) is 5.92 Å². The molecule has 1 aliphatic heterocycles. The molecule has 1 aliphatic carbocycles. The lowest BCUT2D eigenvalue weighted by molar-refractivity contribution is -0.137. The second-order valence-electron chi connectivity index (χ2n) is 6.95. The Morgan fingerprint density at radius 2 is 2.08 bits per heavy atom. The monoisotopic (exact) mass is 335 g/mol. The van der Waals surface area contributed by atoms with Gasteiger partial charge in [-0.2, -0.15) is 4.98 Å². The van der Waals surface area contributed by atoms with Crippen LogP contribution in [0.1, 0.15) is 69.0 Å². The Bertz CT molecular complexity index is 582. The molecule has 1 saturated heterocycles. The Morgan fingerprint density at radius 3 is 2.83 bits per heavy atom. The molecule has 1 saturated carbocycles. The summed E-state index contributed by atoms with van der Waals surface area (Å²) in [5.74, 6) is 1.63. The van der Waals surface area contributed by atoms with Crippen LogP contribution in [0.5, 0.6) is 0 Å². The van der Waals surface area contributed by atoms with Crippen LogP contribution in [-0.4, -0.2) is 45.1 Å². The number of aliphatic carboxylic acids is 1. The van der Waals surface area contributed by atoms with Gasteiger partial charge < -0.3 is 14.5 Å². The van der Waals surface area contributed by atoms with Gasteiger partial charge in [-0.05, 0) is 44.4 Å². The maximum Gasteiger partial charge on any atom is 0.303 e. The second-order valence-corrected chi connectivity index (χ2v) is 6.95. The van der Waals surface area contributed by atoms with E-state index in [2.05, 4.69) is 10.1 Å². The number of hydrogen-bond acceptors (Lipinski definition) is 5. The highest BCUT2D eigenvalue weighted by Crippen LogP contribution is 2.38. The molecule has 0 spiro atoms. The first-order chi connectivity index (χ1) is 11.6. The summed E-state index contributed by atoms with van der Waals surface area (Å²) in [6.45, 7) is 1.48. The fraction of sp³-hybridized carbons (Fsp3) is 0.765. The van der Waals surface area contributed by atoms with Crippen LogP contribution in [0, 0.1) is 5.92 Å². The molecule has 7 heteroatoms. The number of hydrogen-bond donors (Lipinski definition) is 1. The smallest absolute Gasteiger partial charge is 0.303 e. The molecule has 0 aromatic carbocycles. The van der Waals surface area contributed by atoms with Crippen molar-refractivity contribution in [1.29, 1.82) is 0 Å². The minimum atomic E-state index is -0.761. The van der Waals surface area contributed by atoms with E-state index in [1.54, 1.807) is 0 Å². The number of aromatic nitrogens is 2. The summed E-state index contributed by atoms with van der Waals surface area (Å²) in [6, 6.07) is 0. The van der Waals surface area contributed by atoms with Gasteiger partial charge in [-0.1, -0.05) is 5.16 Å². The van der Waals surface area contributed by atoms with Crippen LogP contribution in [-0.2, 0) is 16.0 Å². The van der Waals surface area contributed by atoms with Crippen molar-refractivity contribution in [2.45, 2.75) is 63.7 Å². The van der Waals surface area contributed by atoms with E-state index >= 15 is 0 Å². The quantitative estimate of drug-likeness (QED) is 0.783. The van der Waals surface area contributed by atoms with Gasteiger partial charge in [0.15, 0.2) is 5.82 Å². The van der Waals surface area contributed by atoms with E-state index in [1.807, 2.05) is 4.90 Å². The number of rotatable bonds is 8. The fourth-order valence-electron chi connectivity index (χ4n) is 3.28. The Morgan fingerprint density at radius 1 is 1.25 bits per heavy atom. The molecule has 7 nitrogen and oxygen atoms in total. The molecule has 1 N–H and O–H groups in total. The lowest BCUT2D eigenvalue weighted by atomic mass is 9.93. The minimum Gasteiger partial charge on any atom is -0.481 e. The number of carbonyl (C=O) groups is 2. The molecule has 1 aromatic heterocycles. The molecule has 2 aliphatic rings. The molecular formula is C17H25N3O4. The van der Waals surface area contributed by atoms with E-state index in [0.717, 1.165) is 38.1 Å². The van der Waals surface area contributed by atoms with Crippen molar-refractivity contribution in [3.05, 3.63) is 11.7 Å². The zero-order chi connectivity index (χ0) is 16.9. The summed E-state index contributed by atoms with van der Waals surface area (Å²) in [4.78, 5) is 29.3. The zero-order valence-electron chi connectivity index (χ0n) is 13.9. The Kier molecular flexibility index (Phi) is 5.48.